The number of nitrogens with two attached hydrogens (primary N) is 1. The van der Waals surface area contributed by atoms with Gasteiger partial charge in [-0.2, -0.15) is 4.52 Å². The second-order valence-corrected chi connectivity index (χ2v) is 4.44. The van der Waals surface area contributed by atoms with Gasteiger partial charge in [0.1, 0.15) is 5.69 Å². The molecule has 1 amide bonds. The minimum Gasteiger partial charge on any atom is -0.461 e. The number of carbonyl (C=O) groups is 1. The number of rotatable bonds is 4. The predicted octanol–water partition coefficient (Wildman–Crippen LogP) is 1.11. The van der Waals surface area contributed by atoms with Gasteiger partial charge >= 0.3 is 0 Å². The quantitative estimate of drug-likeness (QED) is 0.743. The number of anilines is 1. The Morgan fingerprint density at radius 1 is 1.48 bits per heavy atom. The SMILES string of the molecule is CCCNC(=O)c1cc2nc(-c3ccco3)nn2c(N)n1. The zero-order chi connectivity index (χ0) is 14.8. The van der Waals surface area contributed by atoms with E-state index >= 15 is 0 Å². The zero-order valence-electron chi connectivity index (χ0n) is 11.4. The van der Waals surface area contributed by atoms with Crippen LogP contribution in [0.1, 0.15) is 23.8 Å². The van der Waals surface area contributed by atoms with Crippen molar-refractivity contribution in [2.45, 2.75) is 13.3 Å². The van der Waals surface area contributed by atoms with Gasteiger partial charge in [0.2, 0.25) is 11.8 Å². The largest absolute Gasteiger partial charge is 0.461 e. The Kier molecular flexibility index (Phi) is 3.27. The fourth-order valence-corrected chi connectivity index (χ4v) is 1.87. The number of aromatic nitrogens is 4. The lowest BCUT2D eigenvalue weighted by Gasteiger charge is -2.04. The summed E-state index contributed by atoms with van der Waals surface area (Å²) in [6.45, 7) is 2.55. The summed E-state index contributed by atoms with van der Waals surface area (Å²) in [7, 11) is 0. The molecule has 0 saturated heterocycles. The summed E-state index contributed by atoms with van der Waals surface area (Å²) in [5.41, 5.74) is 6.48. The molecule has 0 aromatic carbocycles. The molecule has 3 aromatic heterocycles. The van der Waals surface area contributed by atoms with Crippen LogP contribution in [0.2, 0.25) is 0 Å². The average Bonchev–Trinajstić information content (AvgIpc) is 3.12. The molecule has 0 spiro atoms. The third-order valence-corrected chi connectivity index (χ3v) is 2.86. The first kappa shape index (κ1) is 13.1. The number of amides is 1. The molecule has 108 valence electrons. The van der Waals surface area contributed by atoms with Crippen LogP contribution in [0.3, 0.4) is 0 Å². The van der Waals surface area contributed by atoms with Gasteiger partial charge in [0.05, 0.1) is 6.26 Å². The van der Waals surface area contributed by atoms with Crippen molar-refractivity contribution in [1.29, 1.82) is 0 Å². The molecule has 0 saturated carbocycles. The van der Waals surface area contributed by atoms with E-state index in [1.165, 1.54) is 10.8 Å². The van der Waals surface area contributed by atoms with E-state index in [1.807, 2.05) is 6.92 Å². The Hall–Kier alpha value is -2.90. The molecule has 0 aliphatic heterocycles. The fraction of sp³-hybridized carbons (Fsp3) is 0.231. The first-order valence-electron chi connectivity index (χ1n) is 6.54. The number of fused-ring (bicyclic) bond motifs is 1. The Labute approximate surface area is 120 Å². The summed E-state index contributed by atoms with van der Waals surface area (Å²) in [5.74, 6) is 0.725. The molecular formula is C13H14N6O2. The van der Waals surface area contributed by atoms with E-state index in [1.54, 1.807) is 18.2 Å². The van der Waals surface area contributed by atoms with Crippen molar-refractivity contribution in [2.75, 3.05) is 12.3 Å². The summed E-state index contributed by atoms with van der Waals surface area (Å²) >= 11 is 0. The lowest BCUT2D eigenvalue weighted by atomic mass is 10.3. The highest BCUT2D eigenvalue weighted by Gasteiger charge is 2.15. The topological polar surface area (TPSA) is 111 Å². The van der Waals surface area contributed by atoms with Crippen molar-refractivity contribution in [3.8, 4) is 11.6 Å². The van der Waals surface area contributed by atoms with Crippen LogP contribution in [0.15, 0.2) is 28.9 Å². The van der Waals surface area contributed by atoms with E-state index in [2.05, 4.69) is 20.4 Å². The molecule has 0 aliphatic carbocycles. The van der Waals surface area contributed by atoms with Crippen LogP contribution in [0.4, 0.5) is 5.95 Å². The average molecular weight is 286 g/mol. The highest BCUT2D eigenvalue weighted by Crippen LogP contribution is 2.18. The first-order valence-corrected chi connectivity index (χ1v) is 6.54. The van der Waals surface area contributed by atoms with E-state index in [4.69, 9.17) is 10.2 Å². The molecule has 0 atom stereocenters. The molecule has 0 aliphatic rings. The molecule has 0 fully saturated rings. The van der Waals surface area contributed by atoms with Crippen LogP contribution in [0.25, 0.3) is 17.2 Å². The van der Waals surface area contributed by atoms with Crippen molar-refractivity contribution >= 4 is 17.5 Å². The summed E-state index contributed by atoms with van der Waals surface area (Å²) < 4.78 is 6.61. The maximum absolute atomic E-state index is 11.9. The molecular weight excluding hydrogens is 272 g/mol. The van der Waals surface area contributed by atoms with Gasteiger partial charge in [-0.25, -0.2) is 9.97 Å². The summed E-state index contributed by atoms with van der Waals surface area (Å²) in [4.78, 5) is 20.3. The van der Waals surface area contributed by atoms with Gasteiger partial charge in [-0.05, 0) is 18.6 Å². The van der Waals surface area contributed by atoms with Gasteiger partial charge < -0.3 is 15.5 Å². The number of nitrogens with one attached hydrogen (secondary N) is 1. The number of furan rings is 1. The standard InChI is InChI=1S/C13H14N6O2/c1-2-5-15-12(20)8-7-10-17-11(9-4-3-6-21-9)18-19(10)13(14)16-8/h3-4,6-7H,2,5H2,1H3,(H2,14,16)(H,15,20). The molecule has 8 nitrogen and oxygen atoms in total. The highest BCUT2D eigenvalue weighted by molar-refractivity contribution is 5.93. The maximum atomic E-state index is 11.9. The van der Waals surface area contributed by atoms with E-state index < -0.39 is 0 Å². The second kappa shape index (κ2) is 5.23. The normalized spacial score (nSPS) is 10.9. The molecule has 0 bridgehead atoms. The Morgan fingerprint density at radius 2 is 2.33 bits per heavy atom. The summed E-state index contributed by atoms with van der Waals surface area (Å²) in [5, 5.41) is 6.95. The Morgan fingerprint density at radius 3 is 3.05 bits per heavy atom. The predicted molar refractivity (Wildman–Crippen MR) is 75.5 cm³/mol. The minimum atomic E-state index is -0.284. The third kappa shape index (κ3) is 2.42. The molecule has 21 heavy (non-hydrogen) atoms. The van der Waals surface area contributed by atoms with Gasteiger partial charge in [0.15, 0.2) is 11.4 Å². The van der Waals surface area contributed by atoms with Crippen LogP contribution in [-0.2, 0) is 0 Å². The monoisotopic (exact) mass is 286 g/mol. The van der Waals surface area contributed by atoms with Crippen molar-refractivity contribution in [3.05, 3.63) is 30.2 Å². The number of carbonyl (C=O) groups excluding carboxylic acids is 1. The smallest absolute Gasteiger partial charge is 0.270 e. The lowest BCUT2D eigenvalue weighted by Crippen LogP contribution is -2.25. The van der Waals surface area contributed by atoms with Gasteiger partial charge in [-0.15, -0.1) is 5.10 Å². The van der Waals surface area contributed by atoms with Crippen molar-refractivity contribution < 1.29 is 9.21 Å². The van der Waals surface area contributed by atoms with E-state index in [0.717, 1.165) is 6.42 Å². The van der Waals surface area contributed by atoms with Gasteiger partial charge in [-0.3, -0.25) is 4.79 Å². The molecule has 0 radical (unpaired) electrons. The summed E-state index contributed by atoms with van der Waals surface area (Å²) in [6.07, 6.45) is 2.38. The highest BCUT2D eigenvalue weighted by atomic mass is 16.3. The minimum absolute atomic E-state index is 0.0967. The van der Waals surface area contributed by atoms with Gasteiger partial charge in [-0.1, -0.05) is 6.92 Å². The Bertz CT molecular complexity index is 777. The Balaban J connectivity index is 2.01. The summed E-state index contributed by atoms with van der Waals surface area (Å²) in [6, 6.07) is 5.03. The van der Waals surface area contributed by atoms with Crippen molar-refractivity contribution in [3.63, 3.8) is 0 Å². The maximum Gasteiger partial charge on any atom is 0.270 e. The molecule has 3 heterocycles. The number of nitrogens with zero attached hydrogens (tertiary/aromatic N) is 4. The zero-order valence-corrected chi connectivity index (χ0v) is 11.4. The number of hydrogen-bond donors (Lipinski definition) is 2. The van der Waals surface area contributed by atoms with Gasteiger partial charge in [0, 0.05) is 12.6 Å². The molecule has 3 rings (SSSR count). The van der Waals surface area contributed by atoms with Crippen LogP contribution < -0.4 is 11.1 Å². The van der Waals surface area contributed by atoms with Crippen LogP contribution in [0, 0.1) is 0 Å². The molecule has 3 N–H and O–H groups in total. The van der Waals surface area contributed by atoms with Crippen LogP contribution in [-0.4, -0.2) is 32.0 Å². The molecule has 8 heteroatoms. The number of nitrogen functional groups attached to an aromatic ring is 1. The fourth-order valence-electron chi connectivity index (χ4n) is 1.87. The van der Waals surface area contributed by atoms with Crippen molar-refractivity contribution in [2.24, 2.45) is 0 Å². The number of hydrogen-bond acceptors (Lipinski definition) is 6. The van der Waals surface area contributed by atoms with Crippen LogP contribution >= 0.6 is 0 Å². The first-order chi connectivity index (χ1) is 10.2. The van der Waals surface area contributed by atoms with E-state index in [-0.39, 0.29) is 17.5 Å². The third-order valence-electron chi connectivity index (χ3n) is 2.86. The molecule has 0 unspecified atom stereocenters. The van der Waals surface area contributed by atoms with Crippen molar-refractivity contribution in [1.82, 2.24) is 24.9 Å². The van der Waals surface area contributed by atoms with Gasteiger partial charge in [0.25, 0.3) is 5.91 Å². The lowest BCUT2D eigenvalue weighted by molar-refractivity contribution is 0.0948. The van der Waals surface area contributed by atoms with E-state index in [0.29, 0.717) is 23.8 Å². The second-order valence-electron chi connectivity index (χ2n) is 4.44. The molecule has 3 aromatic rings. The van der Waals surface area contributed by atoms with E-state index in [9.17, 15) is 4.79 Å². The van der Waals surface area contributed by atoms with Crippen LogP contribution in [0.5, 0.6) is 0 Å².